The summed E-state index contributed by atoms with van der Waals surface area (Å²) in [4.78, 5) is 16.9. The second-order valence-corrected chi connectivity index (χ2v) is 7.39. The van der Waals surface area contributed by atoms with Gasteiger partial charge in [0.1, 0.15) is 0 Å². The van der Waals surface area contributed by atoms with Crippen molar-refractivity contribution in [1.29, 1.82) is 0 Å². The molecule has 0 N–H and O–H groups in total. The van der Waals surface area contributed by atoms with Crippen LogP contribution in [0.25, 0.3) is 0 Å². The second-order valence-electron chi connectivity index (χ2n) is 6.83. The predicted molar refractivity (Wildman–Crippen MR) is 95.8 cm³/mol. The fraction of sp³-hybridized carbons (Fsp3) is 0.500. The molecule has 1 aliphatic heterocycles. The largest absolute Gasteiger partial charge is 0.337 e. The third-order valence-corrected chi connectivity index (χ3v) is 5.33. The summed E-state index contributed by atoms with van der Waals surface area (Å²) in [5.74, 6) is 0.806. The van der Waals surface area contributed by atoms with Gasteiger partial charge in [-0.2, -0.15) is 8.75 Å². The number of nitrogens with zero attached hydrogens (tertiary/aromatic N) is 4. The maximum absolute atomic E-state index is 12.6. The zero-order valence-corrected chi connectivity index (χ0v) is 15.2. The summed E-state index contributed by atoms with van der Waals surface area (Å²) >= 11 is 1.08. The molecule has 0 aliphatic carbocycles. The van der Waals surface area contributed by atoms with Crippen LogP contribution in [0.3, 0.4) is 0 Å². The number of amides is 1. The van der Waals surface area contributed by atoms with Crippen LogP contribution in [0.5, 0.6) is 0 Å². The van der Waals surface area contributed by atoms with Crippen LogP contribution in [-0.2, 0) is 6.54 Å². The Morgan fingerprint density at radius 1 is 1.25 bits per heavy atom. The first-order chi connectivity index (χ1) is 11.6. The van der Waals surface area contributed by atoms with E-state index in [0.29, 0.717) is 17.5 Å². The summed E-state index contributed by atoms with van der Waals surface area (Å²) in [6.45, 7) is 7.44. The zero-order chi connectivity index (χ0) is 17.1. The van der Waals surface area contributed by atoms with E-state index >= 15 is 0 Å². The molecule has 1 fully saturated rings. The number of carbonyl (C=O) groups is 1. The lowest BCUT2D eigenvalue weighted by Gasteiger charge is -2.45. The van der Waals surface area contributed by atoms with Crippen molar-refractivity contribution < 1.29 is 4.79 Å². The highest BCUT2D eigenvalue weighted by atomic mass is 32.1. The molecule has 6 heteroatoms. The molecule has 1 saturated heterocycles. The van der Waals surface area contributed by atoms with Gasteiger partial charge >= 0.3 is 0 Å². The molecule has 3 rings (SSSR count). The highest BCUT2D eigenvalue weighted by Crippen LogP contribution is 2.28. The van der Waals surface area contributed by atoms with Crippen molar-refractivity contribution in [2.45, 2.75) is 26.4 Å². The number of hydrogen-bond acceptors (Lipinski definition) is 5. The van der Waals surface area contributed by atoms with Crippen LogP contribution in [0, 0.1) is 11.8 Å². The van der Waals surface area contributed by atoms with Crippen molar-refractivity contribution >= 4 is 17.6 Å². The minimum absolute atomic E-state index is 0.0241. The number of aromatic nitrogens is 2. The van der Waals surface area contributed by atoms with Crippen molar-refractivity contribution in [3.05, 3.63) is 47.8 Å². The van der Waals surface area contributed by atoms with E-state index in [1.165, 1.54) is 5.56 Å². The molecule has 1 aliphatic rings. The van der Waals surface area contributed by atoms with Crippen molar-refractivity contribution in [3.63, 3.8) is 0 Å². The van der Waals surface area contributed by atoms with Gasteiger partial charge in [-0.3, -0.25) is 9.69 Å². The summed E-state index contributed by atoms with van der Waals surface area (Å²) in [5, 5.41) is 0. The molecule has 5 nitrogen and oxygen atoms in total. The van der Waals surface area contributed by atoms with Gasteiger partial charge in [0.05, 0.1) is 17.9 Å². The summed E-state index contributed by atoms with van der Waals surface area (Å²) in [6, 6.07) is 10.8. The molecule has 2 heterocycles. The predicted octanol–water partition coefficient (Wildman–Crippen LogP) is 2.77. The van der Waals surface area contributed by atoms with Crippen LogP contribution in [0.4, 0.5) is 0 Å². The van der Waals surface area contributed by atoms with Gasteiger partial charge in [-0.15, -0.1) is 0 Å². The number of carbonyl (C=O) groups excluding carboxylic acids is 1. The van der Waals surface area contributed by atoms with Gasteiger partial charge in [0.2, 0.25) is 0 Å². The molecule has 1 aromatic carbocycles. The summed E-state index contributed by atoms with van der Waals surface area (Å²) < 4.78 is 8.02. The third kappa shape index (κ3) is 3.65. The average Bonchev–Trinajstić information content (AvgIpc) is 3.08. The Balaban J connectivity index is 1.66. The van der Waals surface area contributed by atoms with Gasteiger partial charge in [-0.1, -0.05) is 44.2 Å². The Morgan fingerprint density at radius 3 is 2.50 bits per heavy atom. The van der Waals surface area contributed by atoms with Gasteiger partial charge in [0.25, 0.3) is 5.91 Å². The Hall–Kier alpha value is -1.79. The maximum Gasteiger partial charge on any atom is 0.275 e. The molecule has 128 valence electrons. The van der Waals surface area contributed by atoms with E-state index in [1.807, 2.05) is 11.9 Å². The Labute approximate surface area is 147 Å². The molecule has 0 spiro atoms. The maximum atomic E-state index is 12.6. The molecule has 0 bridgehead atoms. The third-order valence-electron chi connectivity index (χ3n) is 4.86. The van der Waals surface area contributed by atoms with E-state index in [-0.39, 0.29) is 11.9 Å². The van der Waals surface area contributed by atoms with E-state index in [9.17, 15) is 4.79 Å². The molecule has 24 heavy (non-hydrogen) atoms. The van der Waals surface area contributed by atoms with E-state index in [0.717, 1.165) is 31.4 Å². The highest BCUT2D eigenvalue weighted by Gasteiger charge is 2.36. The number of likely N-dealkylation sites (tertiary alicyclic amines) is 1. The van der Waals surface area contributed by atoms with Gasteiger partial charge in [0, 0.05) is 32.7 Å². The molecule has 2 atom stereocenters. The van der Waals surface area contributed by atoms with E-state index in [2.05, 4.69) is 57.8 Å². The number of benzene rings is 1. The standard InChI is InChI=1S/C18H24N4OS/c1-13-10-22(12-15-7-5-4-6-8-15)11-14(2)17(13)21(3)18(23)16-9-19-24-20-16/h4-9,13-14,17H,10-12H2,1-3H3/t13-,14-/m1/s1. The van der Waals surface area contributed by atoms with Crippen LogP contribution >= 0.6 is 11.7 Å². The Bertz CT molecular complexity index is 649. The van der Waals surface area contributed by atoms with Crippen LogP contribution in [0.1, 0.15) is 29.9 Å². The molecule has 1 aromatic heterocycles. The minimum atomic E-state index is -0.0241. The van der Waals surface area contributed by atoms with Gasteiger partial charge in [-0.25, -0.2) is 0 Å². The number of rotatable bonds is 4. The lowest BCUT2D eigenvalue weighted by Crippen LogP contribution is -2.55. The van der Waals surface area contributed by atoms with Crippen molar-refractivity contribution in [2.75, 3.05) is 20.1 Å². The van der Waals surface area contributed by atoms with Gasteiger partial charge < -0.3 is 4.90 Å². The molecule has 1 amide bonds. The smallest absolute Gasteiger partial charge is 0.275 e. The SMILES string of the molecule is C[C@@H]1CN(Cc2ccccc2)C[C@@H](C)C1N(C)C(=O)c1cnsn1. The summed E-state index contributed by atoms with van der Waals surface area (Å²) in [6.07, 6.45) is 1.56. The molecular weight excluding hydrogens is 320 g/mol. The monoisotopic (exact) mass is 344 g/mol. The number of piperidine rings is 1. The van der Waals surface area contributed by atoms with Crippen LogP contribution in [0.15, 0.2) is 36.5 Å². The fourth-order valence-corrected chi connectivity index (χ4v) is 4.38. The fourth-order valence-electron chi connectivity index (χ4n) is 3.98. The van der Waals surface area contributed by atoms with Crippen LogP contribution in [-0.4, -0.2) is 50.6 Å². The Morgan fingerprint density at radius 2 is 1.92 bits per heavy atom. The van der Waals surface area contributed by atoms with Crippen molar-refractivity contribution in [3.8, 4) is 0 Å². The van der Waals surface area contributed by atoms with E-state index in [1.54, 1.807) is 6.20 Å². The average molecular weight is 344 g/mol. The topological polar surface area (TPSA) is 49.3 Å². The molecule has 0 unspecified atom stereocenters. The van der Waals surface area contributed by atoms with Crippen LogP contribution in [0.2, 0.25) is 0 Å². The quantitative estimate of drug-likeness (QED) is 0.856. The van der Waals surface area contributed by atoms with Crippen LogP contribution < -0.4 is 0 Å². The molecule has 0 radical (unpaired) electrons. The van der Waals surface area contributed by atoms with E-state index < -0.39 is 0 Å². The minimum Gasteiger partial charge on any atom is -0.337 e. The molecule has 0 saturated carbocycles. The summed E-state index contributed by atoms with van der Waals surface area (Å²) in [5.41, 5.74) is 1.79. The second kappa shape index (κ2) is 7.40. The lowest BCUT2D eigenvalue weighted by molar-refractivity contribution is 0.0268. The van der Waals surface area contributed by atoms with Crippen molar-refractivity contribution in [1.82, 2.24) is 18.5 Å². The zero-order valence-electron chi connectivity index (χ0n) is 14.4. The lowest BCUT2D eigenvalue weighted by atomic mass is 9.84. The van der Waals surface area contributed by atoms with Crippen molar-refractivity contribution in [2.24, 2.45) is 11.8 Å². The number of hydrogen-bond donors (Lipinski definition) is 0. The molecule has 2 aromatic rings. The summed E-state index contributed by atoms with van der Waals surface area (Å²) in [7, 11) is 1.90. The molecular formula is C18H24N4OS. The normalized spacial score (nSPS) is 22.5. The first-order valence-corrected chi connectivity index (χ1v) is 9.10. The first kappa shape index (κ1) is 17.0. The first-order valence-electron chi connectivity index (χ1n) is 8.37. The van der Waals surface area contributed by atoms with Gasteiger partial charge in [-0.05, 0) is 17.4 Å². The highest BCUT2D eigenvalue weighted by molar-refractivity contribution is 6.99. The van der Waals surface area contributed by atoms with Gasteiger partial charge in [0.15, 0.2) is 5.69 Å². The Kier molecular flexibility index (Phi) is 5.26. The van der Waals surface area contributed by atoms with E-state index in [4.69, 9.17) is 0 Å².